The number of aromatic nitrogens is 2. The standard InChI is InChI=1S/C12H22ClN3O/c1-4-9(6-7-17)14-8-11-12(13)10(5-2)15-16(11)3/h9,14,17H,4-8H2,1-3H3. The molecule has 1 unspecified atom stereocenters. The van der Waals surface area contributed by atoms with Gasteiger partial charge in [-0.1, -0.05) is 25.4 Å². The van der Waals surface area contributed by atoms with Gasteiger partial charge in [-0.2, -0.15) is 5.10 Å². The quantitative estimate of drug-likeness (QED) is 0.786. The van der Waals surface area contributed by atoms with E-state index in [1.165, 1.54) is 0 Å². The van der Waals surface area contributed by atoms with E-state index in [-0.39, 0.29) is 6.61 Å². The third-order valence-corrected chi connectivity index (χ3v) is 3.47. The molecule has 0 bridgehead atoms. The van der Waals surface area contributed by atoms with Gasteiger partial charge in [-0.25, -0.2) is 0 Å². The molecular weight excluding hydrogens is 238 g/mol. The molecule has 0 aliphatic carbocycles. The maximum Gasteiger partial charge on any atom is 0.0863 e. The zero-order chi connectivity index (χ0) is 12.8. The first-order valence-corrected chi connectivity index (χ1v) is 6.56. The lowest BCUT2D eigenvalue weighted by atomic mass is 10.1. The van der Waals surface area contributed by atoms with Crippen LogP contribution in [0, 0.1) is 0 Å². The van der Waals surface area contributed by atoms with Gasteiger partial charge in [-0.15, -0.1) is 0 Å². The number of aryl methyl sites for hydroxylation is 2. The van der Waals surface area contributed by atoms with Crippen LogP contribution >= 0.6 is 11.6 Å². The Kier molecular flexibility index (Phi) is 5.95. The summed E-state index contributed by atoms with van der Waals surface area (Å²) in [5.41, 5.74) is 1.96. The number of nitrogens with one attached hydrogen (secondary N) is 1. The Morgan fingerprint density at radius 3 is 2.65 bits per heavy atom. The predicted molar refractivity (Wildman–Crippen MR) is 70.2 cm³/mol. The second kappa shape index (κ2) is 6.99. The molecular formula is C12H22ClN3O. The van der Waals surface area contributed by atoms with Crippen molar-refractivity contribution in [2.45, 2.75) is 45.7 Å². The molecule has 0 fully saturated rings. The molecule has 1 heterocycles. The van der Waals surface area contributed by atoms with Crippen molar-refractivity contribution in [1.29, 1.82) is 0 Å². The van der Waals surface area contributed by atoms with Crippen LogP contribution in [0.5, 0.6) is 0 Å². The van der Waals surface area contributed by atoms with Gasteiger partial charge in [0.2, 0.25) is 0 Å². The fourth-order valence-electron chi connectivity index (χ4n) is 1.86. The Hall–Kier alpha value is -0.580. The maximum atomic E-state index is 8.93. The number of halogens is 1. The summed E-state index contributed by atoms with van der Waals surface area (Å²) in [6.45, 7) is 5.06. The van der Waals surface area contributed by atoms with E-state index in [0.29, 0.717) is 12.6 Å². The van der Waals surface area contributed by atoms with Gasteiger partial charge in [0.15, 0.2) is 0 Å². The van der Waals surface area contributed by atoms with Crippen molar-refractivity contribution in [3.05, 3.63) is 16.4 Å². The highest BCUT2D eigenvalue weighted by molar-refractivity contribution is 6.31. The van der Waals surface area contributed by atoms with Gasteiger partial charge >= 0.3 is 0 Å². The Morgan fingerprint density at radius 1 is 1.47 bits per heavy atom. The second-order valence-electron chi connectivity index (χ2n) is 4.18. The molecule has 0 spiro atoms. The van der Waals surface area contributed by atoms with Crippen LogP contribution in [0.25, 0.3) is 0 Å². The average molecular weight is 260 g/mol. The van der Waals surface area contributed by atoms with Gasteiger partial charge in [-0.05, 0) is 19.3 Å². The van der Waals surface area contributed by atoms with Crippen LogP contribution in [0.15, 0.2) is 0 Å². The number of rotatable bonds is 7. The third-order valence-electron chi connectivity index (χ3n) is 3.03. The monoisotopic (exact) mass is 259 g/mol. The SMILES string of the molecule is CCc1nn(C)c(CNC(CC)CCO)c1Cl. The van der Waals surface area contributed by atoms with Crippen molar-refractivity contribution in [2.24, 2.45) is 7.05 Å². The number of hydrogen-bond donors (Lipinski definition) is 2. The van der Waals surface area contributed by atoms with Crippen molar-refractivity contribution < 1.29 is 5.11 Å². The molecule has 0 radical (unpaired) electrons. The molecule has 1 aromatic heterocycles. The Labute approximate surface area is 108 Å². The molecule has 0 aromatic carbocycles. The maximum absolute atomic E-state index is 8.93. The van der Waals surface area contributed by atoms with Gasteiger partial charge in [0.25, 0.3) is 0 Å². The molecule has 1 rings (SSSR count). The molecule has 0 aliphatic heterocycles. The van der Waals surface area contributed by atoms with E-state index in [1.54, 1.807) is 0 Å². The zero-order valence-corrected chi connectivity index (χ0v) is 11.6. The topological polar surface area (TPSA) is 50.1 Å². The molecule has 5 heteroatoms. The molecule has 0 saturated heterocycles. The van der Waals surface area contributed by atoms with Crippen LogP contribution < -0.4 is 5.32 Å². The first-order chi connectivity index (χ1) is 8.13. The highest BCUT2D eigenvalue weighted by Gasteiger charge is 2.14. The van der Waals surface area contributed by atoms with E-state index in [4.69, 9.17) is 16.7 Å². The summed E-state index contributed by atoms with van der Waals surface area (Å²) in [6, 6.07) is 0.330. The summed E-state index contributed by atoms with van der Waals surface area (Å²) >= 11 is 6.26. The van der Waals surface area contributed by atoms with E-state index in [1.807, 2.05) is 18.7 Å². The van der Waals surface area contributed by atoms with E-state index in [2.05, 4.69) is 17.3 Å². The number of nitrogens with zero attached hydrogens (tertiary/aromatic N) is 2. The highest BCUT2D eigenvalue weighted by Crippen LogP contribution is 2.20. The summed E-state index contributed by atoms with van der Waals surface area (Å²) in [7, 11) is 1.91. The molecule has 0 amide bonds. The van der Waals surface area contributed by atoms with Crippen molar-refractivity contribution in [3.8, 4) is 0 Å². The Balaban J connectivity index is 2.65. The van der Waals surface area contributed by atoms with Gasteiger partial charge < -0.3 is 10.4 Å². The van der Waals surface area contributed by atoms with E-state index in [9.17, 15) is 0 Å². The summed E-state index contributed by atoms with van der Waals surface area (Å²) in [5.74, 6) is 0. The van der Waals surface area contributed by atoms with Crippen LogP contribution in [0.1, 0.15) is 38.1 Å². The van der Waals surface area contributed by atoms with Crippen LogP contribution in [0.4, 0.5) is 0 Å². The normalized spacial score (nSPS) is 13.0. The van der Waals surface area contributed by atoms with Crippen molar-refractivity contribution in [1.82, 2.24) is 15.1 Å². The van der Waals surface area contributed by atoms with E-state index >= 15 is 0 Å². The van der Waals surface area contributed by atoms with Crippen molar-refractivity contribution in [3.63, 3.8) is 0 Å². The van der Waals surface area contributed by atoms with E-state index in [0.717, 1.165) is 35.7 Å². The number of aliphatic hydroxyl groups is 1. The van der Waals surface area contributed by atoms with Crippen molar-refractivity contribution >= 4 is 11.6 Å². The minimum atomic E-state index is 0.213. The fourth-order valence-corrected chi connectivity index (χ4v) is 2.22. The van der Waals surface area contributed by atoms with Gasteiger partial charge in [0.1, 0.15) is 0 Å². The fraction of sp³-hybridized carbons (Fsp3) is 0.750. The van der Waals surface area contributed by atoms with Crippen LogP contribution in [0.2, 0.25) is 5.02 Å². The molecule has 17 heavy (non-hydrogen) atoms. The first kappa shape index (κ1) is 14.5. The van der Waals surface area contributed by atoms with Gasteiger partial charge in [0, 0.05) is 26.2 Å². The van der Waals surface area contributed by atoms with Crippen LogP contribution in [-0.4, -0.2) is 27.5 Å². The molecule has 0 saturated carbocycles. The average Bonchev–Trinajstić information content (AvgIpc) is 2.60. The minimum absolute atomic E-state index is 0.213. The zero-order valence-electron chi connectivity index (χ0n) is 10.8. The van der Waals surface area contributed by atoms with Crippen LogP contribution in [0.3, 0.4) is 0 Å². The lowest BCUT2D eigenvalue weighted by Gasteiger charge is -2.15. The number of hydrogen-bond acceptors (Lipinski definition) is 3. The Morgan fingerprint density at radius 2 is 2.18 bits per heavy atom. The Bertz CT molecular complexity index is 352. The van der Waals surface area contributed by atoms with E-state index < -0.39 is 0 Å². The highest BCUT2D eigenvalue weighted by atomic mass is 35.5. The smallest absolute Gasteiger partial charge is 0.0863 e. The summed E-state index contributed by atoms with van der Waals surface area (Å²) in [5, 5.41) is 17.5. The molecule has 98 valence electrons. The van der Waals surface area contributed by atoms with Crippen LogP contribution in [-0.2, 0) is 20.0 Å². The molecule has 2 N–H and O–H groups in total. The summed E-state index contributed by atoms with van der Waals surface area (Å²) in [6.07, 6.45) is 2.61. The second-order valence-corrected chi connectivity index (χ2v) is 4.56. The lowest BCUT2D eigenvalue weighted by Crippen LogP contribution is -2.29. The molecule has 0 aliphatic rings. The lowest BCUT2D eigenvalue weighted by molar-refractivity contribution is 0.261. The summed E-state index contributed by atoms with van der Waals surface area (Å²) in [4.78, 5) is 0. The number of aliphatic hydroxyl groups excluding tert-OH is 1. The van der Waals surface area contributed by atoms with Crippen molar-refractivity contribution in [2.75, 3.05) is 6.61 Å². The predicted octanol–water partition coefficient (Wildman–Crippen LogP) is 1.89. The largest absolute Gasteiger partial charge is 0.396 e. The third kappa shape index (κ3) is 3.69. The molecule has 4 nitrogen and oxygen atoms in total. The minimum Gasteiger partial charge on any atom is -0.396 e. The molecule has 1 aromatic rings. The summed E-state index contributed by atoms with van der Waals surface area (Å²) < 4.78 is 1.83. The van der Waals surface area contributed by atoms with Gasteiger partial charge in [0.05, 0.1) is 16.4 Å². The molecule has 1 atom stereocenters. The van der Waals surface area contributed by atoms with Gasteiger partial charge in [-0.3, -0.25) is 4.68 Å². The first-order valence-electron chi connectivity index (χ1n) is 6.18.